The number of hydrogen-bond acceptors (Lipinski definition) is 4. The zero-order valence-electron chi connectivity index (χ0n) is 12.1. The summed E-state index contributed by atoms with van der Waals surface area (Å²) in [6.07, 6.45) is 1.11. The number of carbonyl (C=O) groups excluding carboxylic acids is 1. The highest BCUT2D eigenvalue weighted by atomic mass is 16.5. The van der Waals surface area contributed by atoms with Crippen molar-refractivity contribution in [2.24, 2.45) is 0 Å². The lowest BCUT2D eigenvalue weighted by molar-refractivity contribution is -0.142. The average molecular weight is 258 g/mol. The van der Waals surface area contributed by atoms with Gasteiger partial charge in [0.15, 0.2) is 0 Å². The lowest BCUT2D eigenvalue weighted by Crippen LogP contribution is -2.63. The molecule has 1 aliphatic carbocycles. The number of hydrogen-bond donors (Lipinski definition) is 1. The minimum atomic E-state index is -0.180. The lowest BCUT2D eigenvalue weighted by atomic mass is 9.84. The van der Waals surface area contributed by atoms with E-state index in [0.29, 0.717) is 6.61 Å². The van der Waals surface area contributed by atoms with Crippen molar-refractivity contribution in [1.82, 2.24) is 10.2 Å². The average Bonchev–Trinajstić information content (AvgIpc) is 2.35. The van der Waals surface area contributed by atoms with Gasteiger partial charge in [-0.25, -0.2) is 0 Å². The molecule has 1 rings (SSSR count). The molecule has 0 spiro atoms. The highest BCUT2D eigenvalue weighted by Crippen LogP contribution is 2.27. The van der Waals surface area contributed by atoms with Gasteiger partial charge in [-0.1, -0.05) is 0 Å². The Labute approximate surface area is 110 Å². The van der Waals surface area contributed by atoms with Crippen LogP contribution in [0.4, 0.5) is 0 Å². The molecule has 4 atom stereocenters. The summed E-state index contributed by atoms with van der Waals surface area (Å²) in [7, 11) is 3.51. The van der Waals surface area contributed by atoms with Crippen molar-refractivity contribution in [3.63, 3.8) is 0 Å². The predicted molar refractivity (Wildman–Crippen MR) is 70.5 cm³/mol. The molecule has 0 heterocycles. The van der Waals surface area contributed by atoms with Gasteiger partial charge in [-0.2, -0.15) is 0 Å². The van der Waals surface area contributed by atoms with Gasteiger partial charge in [0.25, 0.3) is 0 Å². The van der Waals surface area contributed by atoms with Crippen LogP contribution in [0.5, 0.6) is 0 Å². The fourth-order valence-electron chi connectivity index (χ4n) is 2.32. The summed E-state index contributed by atoms with van der Waals surface area (Å²) in [5, 5.41) is 3.32. The summed E-state index contributed by atoms with van der Waals surface area (Å²) < 4.78 is 11.0. The van der Waals surface area contributed by atoms with Crippen LogP contribution in [0.3, 0.4) is 0 Å². The molecule has 0 bridgehead atoms. The van der Waals surface area contributed by atoms with Crippen molar-refractivity contribution in [2.75, 3.05) is 27.3 Å². The summed E-state index contributed by atoms with van der Waals surface area (Å²) in [6, 6.07) is 0.0240. The Morgan fingerprint density at radius 1 is 1.50 bits per heavy atom. The number of amides is 1. The second-order valence-electron chi connectivity index (χ2n) is 4.78. The van der Waals surface area contributed by atoms with Gasteiger partial charge in [0, 0.05) is 33.4 Å². The summed E-state index contributed by atoms with van der Waals surface area (Å²) in [5.41, 5.74) is 0. The molecular weight excluding hydrogens is 232 g/mol. The fraction of sp³-hybridized carbons (Fsp3) is 0.923. The van der Waals surface area contributed by atoms with Crippen LogP contribution in [0.2, 0.25) is 0 Å². The van der Waals surface area contributed by atoms with E-state index < -0.39 is 0 Å². The Morgan fingerprint density at radius 3 is 2.67 bits per heavy atom. The van der Waals surface area contributed by atoms with Gasteiger partial charge in [-0.3, -0.25) is 4.79 Å². The Hall–Kier alpha value is -0.650. The van der Waals surface area contributed by atoms with E-state index in [9.17, 15) is 4.79 Å². The topological polar surface area (TPSA) is 50.8 Å². The van der Waals surface area contributed by atoms with E-state index >= 15 is 0 Å². The molecule has 0 aliphatic heterocycles. The molecule has 1 fully saturated rings. The quantitative estimate of drug-likeness (QED) is 0.728. The SMILES string of the molecule is CCOC1CC(NC(C)C(=O)N(C)CC)C1OC. The Bertz CT molecular complexity index is 273. The first-order chi connectivity index (χ1) is 8.54. The number of nitrogens with one attached hydrogen (secondary N) is 1. The standard InChI is InChI=1S/C13H26N2O3/c1-6-15(4)13(16)9(3)14-10-8-11(18-7-2)12(10)17-5/h9-12,14H,6-8H2,1-5H3. The van der Waals surface area contributed by atoms with E-state index in [4.69, 9.17) is 9.47 Å². The summed E-state index contributed by atoms with van der Waals surface area (Å²) in [5.74, 6) is 0.118. The van der Waals surface area contributed by atoms with Gasteiger partial charge in [0.05, 0.1) is 18.2 Å². The van der Waals surface area contributed by atoms with Crippen molar-refractivity contribution in [1.29, 1.82) is 0 Å². The molecule has 1 amide bonds. The van der Waals surface area contributed by atoms with Gasteiger partial charge in [-0.05, 0) is 27.2 Å². The molecule has 0 aromatic carbocycles. The predicted octanol–water partition coefficient (Wildman–Crippen LogP) is 0.635. The third-order valence-corrected chi connectivity index (χ3v) is 3.59. The largest absolute Gasteiger partial charge is 0.377 e. The number of likely N-dealkylation sites (N-methyl/N-ethyl adjacent to an activating group) is 1. The molecular formula is C13H26N2O3. The van der Waals surface area contributed by atoms with E-state index in [2.05, 4.69) is 5.32 Å². The van der Waals surface area contributed by atoms with E-state index in [1.807, 2.05) is 27.8 Å². The molecule has 0 radical (unpaired) electrons. The molecule has 1 saturated carbocycles. The lowest BCUT2D eigenvalue weighted by Gasteiger charge is -2.44. The number of ether oxygens (including phenoxy) is 2. The third-order valence-electron chi connectivity index (χ3n) is 3.59. The van der Waals surface area contributed by atoms with Crippen LogP contribution in [0.1, 0.15) is 27.2 Å². The van der Waals surface area contributed by atoms with Crippen LogP contribution in [0.15, 0.2) is 0 Å². The summed E-state index contributed by atoms with van der Waals surface area (Å²) in [6.45, 7) is 7.27. The van der Waals surface area contributed by atoms with Crippen LogP contribution in [0, 0.1) is 0 Å². The first kappa shape index (κ1) is 15.4. The van der Waals surface area contributed by atoms with Gasteiger partial charge in [-0.15, -0.1) is 0 Å². The van der Waals surface area contributed by atoms with E-state index in [0.717, 1.165) is 13.0 Å². The third kappa shape index (κ3) is 3.43. The molecule has 106 valence electrons. The maximum absolute atomic E-state index is 11.9. The summed E-state index contributed by atoms with van der Waals surface area (Å²) >= 11 is 0. The second kappa shape index (κ2) is 7.07. The maximum atomic E-state index is 11.9. The van der Waals surface area contributed by atoms with E-state index in [1.54, 1.807) is 12.0 Å². The molecule has 4 unspecified atom stereocenters. The van der Waals surface area contributed by atoms with Crippen LogP contribution in [-0.2, 0) is 14.3 Å². The highest BCUT2D eigenvalue weighted by molar-refractivity contribution is 5.81. The first-order valence-corrected chi connectivity index (χ1v) is 6.70. The Morgan fingerprint density at radius 2 is 2.17 bits per heavy atom. The van der Waals surface area contributed by atoms with Gasteiger partial charge in [0.1, 0.15) is 0 Å². The van der Waals surface area contributed by atoms with Crippen LogP contribution >= 0.6 is 0 Å². The Kier molecular flexibility index (Phi) is 6.05. The van der Waals surface area contributed by atoms with Crippen molar-refractivity contribution in [2.45, 2.75) is 51.5 Å². The Balaban J connectivity index is 2.41. The normalized spacial score (nSPS) is 28.6. The number of nitrogens with zero attached hydrogens (tertiary/aromatic N) is 1. The monoisotopic (exact) mass is 258 g/mol. The zero-order valence-corrected chi connectivity index (χ0v) is 12.1. The number of methoxy groups -OCH3 is 1. The van der Waals surface area contributed by atoms with Crippen LogP contribution < -0.4 is 5.32 Å². The van der Waals surface area contributed by atoms with Crippen LogP contribution in [-0.4, -0.2) is 62.4 Å². The van der Waals surface area contributed by atoms with E-state index in [-0.39, 0.29) is 30.2 Å². The van der Waals surface area contributed by atoms with Crippen molar-refractivity contribution in [3.8, 4) is 0 Å². The molecule has 1 aliphatic rings. The molecule has 0 aromatic heterocycles. The van der Waals surface area contributed by atoms with Crippen molar-refractivity contribution in [3.05, 3.63) is 0 Å². The van der Waals surface area contributed by atoms with Crippen molar-refractivity contribution < 1.29 is 14.3 Å². The second-order valence-corrected chi connectivity index (χ2v) is 4.78. The smallest absolute Gasteiger partial charge is 0.239 e. The number of rotatable bonds is 7. The molecule has 5 nitrogen and oxygen atoms in total. The molecule has 1 N–H and O–H groups in total. The maximum Gasteiger partial charge on any atom is 0.239 e. The van der Waals surface area contributed by atoms with E-state index in [1.165, 1.54) is 0 Å². The minimum Gasteiger partial charge on any atom is -0.377 e. The van der Waals surface area contributed by atoms with Gasteiger partial charge in [0.2, 0.25) is 5.91 Å². The summed E-state index contributed by atoms with van der Waals surface area (Å²) in [4.78, 5) is 13.7. The highest BCUT2D eigenvalue weighted by Gasteiger charge is 2.43. The first-order valence-electron chi connectivity index (χ1n) is 6.70. The zero-order chi connectivity index (χ0) is 13.7. The van der Waals surface area contributed by atoms with Gasteiger partial charge < -0.3 is 19.7 Å². The molecule has 18 heavy (non-hydrogen) atoms. The van der Waals surface area contributed by atoms with Crippen LogP contribution in [0.25, 0.3) is 0 Å². The molecule has 0 saturated heterocycles. The van der Waals surface area contributed by atoms with Crippen molar-refractivity contribution >= 4 is 5.91 Å². The van der Waals surface area contributed by atoms with Gasteiger partial charge >= 0.3 is 0 Å². The number of carbonyl (C=O) groups is 1. The molecule has 5 heteroatoms. The fourth-order valence-corrected chi connectivity index (χ4v) is 2.32. The molecule has 0 aromatic rings. The minimum absolute atomic E-state index is 0.0483.